The number of rotatable bonds is 2. The molecular formula is C6H8N2OS. The zero-order chi connectivity index (χ0) is 7.56. The van der Waals surface area contributed by atoms with Gasteiger partial charge in [-0.15, -0.1) is 11.3 Å². The van der Waals surface area contributed by atoms with Crippen LogP contribution in [0.1, 0.15) is 9.88 Å². The molecule has 0 aromatic carbocycles. The van der Waals surface area contributed by atoms with Crippen LogP contribution >= 0.6 is 11.3 Å². The van der Waals surface area contributed by atoms with Crippen molar-refractivity contribution in [3.05, 3.63) is 9.88 Å². The molecule has 1 aromatic rings. The van der Waals surface area contributed by atoms with Crippen molar-refractivity contribution in [1.82, 2.24) is 4.98 Å². The molecule has 10 heavy (non-hydrogen) atoms. The molecule has 0 fully saturated rings. The van der Waals surface area contributed by atoms with Gasteiger partial charge in [0.1, 0.15) is 5.82 Å². The van der Waals surface area contributed by atoms with Crippen molar-refractivity contribution >= 4 is 23.6 Å². The van der Waals surface area contributed by atoms with Gasteiger partial charge in [0.2, 0.25) is 6.41 Å². The molecule has 3 nitrogen and oxygen atoms in total. The van der Waals surface area contributed by atoms with E-state index in [4.69, 9.17) is 0 Å². The Morgan fingerprint density at radius 2 is 2.30 bits per heavy atom. The van der Waals surface area contributed by atoms with Crippen LogP contribution in [0, 0.1) is 13.8 Å². The summed E-state index contributed by atoms with van der Waals surface area (Å²) in [5.41, 5.74) is 0. The summed E-state index contributed by atoms with van der Waals surface area (Å²) in [4.78, 5) is 15.1. The molecule has 0 saturated heterocycles. The molecule has 0 aliphatic rings. The number of hydrogen-bond donors (Lipinski definition) is 1. The minimum atomic E-state index is 0.640. The standard InChI is InChI=1S/C6H8N2OS/c1-4-6(7-3-9)8-5(2)10-4/h3H,1-2H3,(H,7,9). The average molecular weight is 156 g/mol. The highest BCUT2D eigenvalue weighted by Crippen LogP contribution is 2.19. The maximum absolute atomic E-state index is 9.99. The van der Waals surface area contributed by atoms with Gasteiger partial charge in [-0.1, -0.05) is 0 Å². The number of aromatic nitrogens is 1. The number of amides is 1. The Kier molecular flexibility index (Phi) is 2.01. The Bertz CT molecular complexity index is 244. The van der Waals surface area contributed by atoms with Crippen LogP contribution in [0.3, 0.4) is 0 Å². The van der Waals surface area contributed by atoms with E-state index in [1.54, 1.807) is 11.3 Å². The van der Waals surface area contributed by atoms with Crippen LogP contribution < -0.4 is 5.32 Å². The number of carbonyl (C=O) groups excluding carboxylic acids is 1. The lowest BCUT2D eigenvalue weighted by Crippen LogP contribution is -1.94. The van der Waals surface area contributed by atoms with Crippen molar-refractivity contribution in [3.8, 4) is 0 Å². The van der Waals surface area contributed by atoms with Gasteiger partial charge in [0, 0.05) is 4.88 Å². The van der Waals surface area contributed by atoms with Crippen LogP contribution in [0.2, 0.25) is 0 Å². The van der Waals surface area contributed by atoms with Crippen molar-refractivity contribution in [3.63, 3.8) is 0 Å². The Morgan fingerprint density at radius 1 is 1.60 bits per heavy atom. The average Bonchev–Trinajstić information content (AvgIpc) is 2.13. The molecule has 0 aliphatic carbocycles. The lowest BCUT2D eigenvalue weighted by atomic mass is 10.5. The molecule has 1 heterocycles. The third-order valence-electron chi connectivity index (χ3n) is 1.10. The third-order valence-corrected chi connectivity index (χ3v) is 1.99. The summed E-state index contributed by atoms with van der Waals surface area (Å²) in [5.74, 6) is 0.678. The Hall–Kier alpha value is -0.900. The number of nitrogens with zero attached hydrogens (tertiary/aromatic N) is 1. The molecule has 0 spiro atoms. The predicted octanol–water partition coefficient (Wildman–Crippen LogP) is 1.33. The molecule has 0 saturated carbocycles. The molecule has 1 amide bonds. The SMILES string of the molecule is Cc1nc(NC=O)c(C)s1. The number of anilines is 1. The third kappa shape index (κ3) is 1.33. The van der Waals surface area contributed by atoms with Crippen LogP contribution in [0.5, 0.6) is 0 Å². The van der Waals surface area contributed by atoms with E-state index in [0.29, 0.717) is 12.2 Å². The van der Waals surface area contributed by atoms with Crippen LogP contribution in [0.4, 0.5) is 5.82 Å². The number of carbonyl (C=O) groups is 1. The molecule has 54 valence electrons. The van der Waals surface area contributed by atoms with Gasteiger partial charge in [-0.2, -0.15) is 0 Å². The van der Waals surface area contributed by atoms with E-state index in [0.717, 1.165) is 9.88 Å². The summed E-state index contributed by atoms with van der Waals surface area (Å²) in [5, 5.41) is 3.49. The summed E-state index contributed by atoms with van der Waals surface area (Å²) in [6.45, 7) is 3.84. The second-order valence-corrected chi connectivity index (χ2v) is 3.31. The second-order valence-electron chi connectivity index (χ2n) is 1.90. The van der Waals surface area contributed by atoms with Crippen molar-refractivity contribution in [2.24, 2.45) is 0 Å². The van der Waals surface area contributed by atoms with E-state index in [2.05, 4.69) is 10.3 Å². The Labute approximate surface area is 63.1 Å². The smallest absolute Gasteiger partial charge is 0.212 e. The maximum Gasteiger partial charge on any atom is 0.212 e. The first-order valence-electron chi connectivity index (χ1n) is 2.88. The van der Waals surface area contributed by atoms with Crippen molar-refractivity contribution in [2.75, 3.05) is 5.32 Å². The zero-order valence-corrected chi connectivity index (χ0v) is 6.66. The fourth-order valence-electron chi connectivity index (χ4n) is 0.719. The van der Waals surface area contributed by atoms with Gasteiger partial charge in [0.25, 0.3) is 0 Å². The number of aryl methyl sites for hydroxylation is 2. The molecule has 0 bridgehead atoms. The molecular weight excluding hydrogens is 148 g/mol. The molecule has 0 radical (unpaired) electrons. The number of nitrogens with one attached hydrogen (secondary N) is 1. The van der Waals surface area contributed by atoms with E-state index < -0.39 is 0 Å². The van der Waals surface area contributed by atoms with Gasteiger partial charge in [0.05, 0.1) is 5.01 Å². The highest BCUT2D eigenvalue weighted by molar-refractivity contribution is 7.12. The van der Waals surface area contributed by atoms with E-state index in [1.807, 2.05) is 13.8 Å². The summed E-state index contributed by atoms with van der Waals surface area (Å²) in [6.07, 6.45) is 0.640. The van der Waals surface area contributed by atoms with Crippen LogP contribution in [-0.4, -0.2) is 11.4 Å². The predicted molar refractivity (Wildman–Crippen MR) is 41.3 cm³/mol. The molecule has 1 N–H and O–H groups in total. The normalized spacial score (nSPS) is 9.40. The second kappa shape index (κ2) is 2.79. The molecule has 1 rings (SSSR count). The fraction of sp³-hybridized carbons (Fsp3) is 0.333. The highest BCUT2D eigenvalue weighted by atomic mass is 32.1. The summed E-state index contributed by atoms with van der Waals surface area (Å²) in [6, 6.07) is 0. The first kappa shape index (κ1) is 7.21. The quantitative estimate of drug-likeness (QED) is 0.656. The van der Waals surface area contributed by atoms with Crippen molar-refractivity contribution in [1.29, 1.82) is 0 Å². The van der Waals surface area contributed by atoms with Crippen molar-refractivity contribution < 1.29 is 4.79 Å². The van der Waals surface area contributed by atoms with E-state index >= 15 is 0 Å². The van der Waals surface area contributed by atoms with Gasteiger partial charge in [0.15, 0.2) is 0 Å². The van der Waals surface area contributed by atoms with Gasteiger partial charge in [-0.3, -0.25) is 4.79 Å². The van der Waals surface area contributed by atoms with Crippen molar-refractivity contribution in [2.45, 2.75) is 13.8 Å². The summed E-state index contributed by atoms with van der Waals surface area (Å²) in [7, 11) is 0. The Balaban J connectivity index is 2.91. The zero-order valence-electron chi connectivity index (χ0n) is 5.84. The van der Waals surface area contributed by atoms with Gasteiger partial charge >= 0.3 is 0 Å². The van der Waals surface area contributed by atoms with Gasteiger partial charge < -0.3 is 5.32 Å². The van der Waals surface area contributed by atoms with E-state index in [9.17, 15) is 4.79 Å². The minimum Gasteiger partial charge on any atom is -0.312 e. The van der Waals surface area contributed by atoms with Crippen LogP contribution in [0.25, 0.3) is 0 Å². The van der Waals surface area contributed by atoms with Gasteiger partial charge in [-0.05, 0) is 13.8 Å². The lowest BCUT2D eigenvalue weighted by molar-refractivity contribution is -0.105. The topological polar surface area (TPSA) is 42.0 Å². The molecule has 4 heteroatoms. The molecule has 1 aromatic heterocycles. The summed E-state index contributed by atoms with van der Waals surface area (Å²) >= 11 is 1.58. The molecule has 0 unspecified atom stereocenters. The first-order valence-corrected chi connectivity index (χ1v) is 3.70. The minimum absolute atomic E-state index is 0.640. The highest BCUT2D eigenvalue weighted by Gasteiger charge is 2.01. The van der Waals surface area contributed by atoms with E-state index in [-0.39, 0.29) is 0 Å². The fourth-order valence-corrected chi connectivity index (χ4v) is 1.50. The van der Waals surface area contributed by atoms with Crippen LogP contribution in [-0.2, 0) is 4.79 Å². The monoisotopic (exact) mass is 156 g/mol. The number of thiazole rings is 1. The largest absolute Gasteiger partial charge is 0.312 e. The molecule has 0 aliphatic heterocycles. The van der Waals surface area contributed by atoms with Crippen LogP contribution in [0.15, 0.2) is 0 Å². The van der Waals surface area contributed by atoms with Gasteiger partial charge in [-0.25, -0.2) is 4.98 Å². The maximum atomic E-state index is 9.99. The Morgan fingerprint density at radius 3 is 2.70 bits per heavy atom. The molecule has 0 atom stereocenters. The lowest BCUT2D eigenvalue weighted by Gasteiger charge is -1.89. The number of hydrogen-bond acceptors (Lipinski definition) is 3. The first-order chi connectivity index (χ1) is 4.74. The van der Waals surface area contributed by atoms with E-state index in [1.165, 1.54) is 0 Å². The summed E-state index contributed by atoms with van der Waals surface area (Å²) < 4.78 is 0.